The maximum atomic E-state index is 13.4. The molecule has 0 atom stereocenters. The molecule has 0 bridgehead atoms. The van der Waals surface area contributed by atoms with E-state index in [0.717, 1.165) is 43.6 Å². The van der Waals surface area contributed by atoms with E-state index < -0.39 is 10.0 Å². The Morgan fingerprint density at radius 1 is 0.947 bits per heavy atom. The molecule has 0 aromatic heterocycles. The number of carbonyl (C=O) groups excluding carboxylic acids is 1. The van der Waals surface area contributed by atoms with Gasteiger partial charge in [0.25, 0.3) is 15.9 Å². The molecule has 3 aromatic carbocycles. The molecule has 0 aliphatic carbocycles. The van der Waals surface area contributed by atoms with E-state index in [9.17, 15) is 13.2 Å². The van der Waals surface area contributed by atoms with Crippen LogP contribution >= 0.6 is 0 Å². The molecule has 0 radical (unpaired) electrons. The predicted molar refractivity (Wildman–Crippen MR) is 156 cm³/mol. The smallest absolute Gasteiger partial charge is 0.262 e. The van der Waals surface area contributed by atoms with E-state index in [0.29, 0.717) is 28.3 Å². The van der Waals surface area contributed by atoms with Crippen molar-refractivity contribution in [2.24, 2.45) is 5.92 Å². The van der Waals surface area contributed by atoms with Crippen LogP contribution in [0.3, 0.4) is 0 Å². The Morgan fingerprint density at radius 2 is 1.58 bits per heavy atom. The van der Waals surface area contributed by atoms with Crippen LogP contribution < -0.4 is 14.9 Å². The average Bonchev–Trinajstić information content (AvgIpc) is 2.84. The highest BCUT2D eigenvalue weighted by Gasteiger charge is 2.25. The van der Waals surface area contributed by atoms with Gasteiger partial charge in [-0.1, -0.05) is 48.0 Å². The minimum absolute atomic E-state index is 0.0369. The first kappa shape index (κ1) is 27.7. The van der Waals surface area contributed by atoms with Gasteiger partial charge in [0.1, 0.15) is 0 Å². The quantitative estimate of drug-likeness (QED) is 0.372. The second kappa shape index (κ2) is 11.6. The lowest BCUT2D eigenvalue weighted by Crippen LogP contribution is -2.37. The second-order valence-electron chi connectivity index (χ2n) is 10.8. The first-order chi connectivity index (χ1) is 18.0. The van der Waals surface area contributed by atoms with Crippen LogP contribution in [0.25, 0.3) is 0 Å². The summed E-state index contributed by atoms with van der Waals surface area (Å²) in [5.74, 6) is 0.402. The Kier molecular flexibility index (Phi) is 8.46. The van der Waals surface area contributed by atoms with Crippen LogP contribution in [-0.2, 0) is 16.4 Å². The van der Waals surface area contributed by atoms with E-state index in [4.69, 9.17) is 0 Å². The molecule has 1 aliphatic rings. The minimum Gasteiger partial charge on any atom is -0.371 e. The van der Waals surface area contributed by atoms with Crippen molar-refractivity contribution < 1.29 is 13.2 Å². The highest BCUT2D eigenvalue weighted by Crippen LogP contribution is 2.31. The Morgan fingerprint density at radius 3 is 2.18 bits per heavy atom. The molecular formula is C31H39N3O3S. The van der Waals surface area contributed by atoms with Crippen LogP contribution in [0, 0.1) is 26.7 Å². The van der Waals surface area contributed by atoms with Gasteiger partial charge in [0.05, 0.1) is 10.5 Å². The molecule has 0 saturated carbocycles. The van der Waals surface area contributed by atoms with Gasteiger partial charge >= 0.3 is 0 Å². The first-order valence-electron chi connectivity index (χ1n) is 13.4. The molecule has 1 heterocycles. The largest absolute Gasteiger partial charge is 0.371 e. The Balaban J connectivity index is 1.57. The van der Waals surface area contributed by atoms with Crippen LogP contribution in [0.15, 0.2) is 65.6 Å². The van der Waals surface area contributed by atoms with Crippen molar-refractivity contribution in [3.63, 3.8) is 0 Å². The first-order valence-corrected chi connectivity index (χ1v) is 14.9. The molecule has 38 heavy (non-hydrogen) atoms. The van der Waals surface area contributed by atoms with Crippen LogP contribution in [0.5, 0.6) is 0 Å². The number of benzene rings is 3. The third-order valence-corrected chi connectivity index (χ3v) is 8.79. The molecular weight excluding hydrogens is 494 g/mol. The number of nitrogens with one attached hydrogen (secondary N) is 2. The summed E-state index contributed by atoms with van der Waals surface area (Å²) in [5.41, 5.74) is 5.47. The molecule has 7 heteroatoms. The lowest BCUT2D eigenvalue weighted by atomic mass is 9.89. The molecule has 3 aromatic rings. The Hall–Kier alpha value is -3.32. The summed E-state index contributed by atoms with van der Waals surface area (Å²) in [5, 5.41) is 2.98. The van der Waals surface area contributed by atoms with Gasteiger partial charge in [0, 0.05) is 30.5 Å². The van der Waals surface area contributed by atoms with Crippen LogP contribution in [-0.4, -0.2) is 33.5 Å². The van der Waals surface area contributed by atoms with Gasteiger partial charge in [-0.05, 0) is 94.7 Å². The molecule has 0 spiro atoms. The lowest BCUT2D eigenvalue weighted by Gasteiger charge is -2.35. The number of hydrogen-bond donors (Lipinski definition) is 2. The fraction of sp³-hybridized carbons (Fsp3) is 0.387. The van der Waals surface area contributed by atoms with Gasteiger partial charge in [-0.15, -0.1) is 0 Å². The molecule has 2 N–H and O–H groups in total. The predicted octanol–water partition coefficient (Wildman–Crippen LogP) is 6.01. The topological polar surface area (TPSA) is 78.5 Å². The number of aryl methyl sites for hydroxylation is 3. The summed E-state index contributed by atoms with van der Waals surface area (Å²) in [4.78, 5) is 15.8. The summed E-state index contributed by atoms with van der Waals surface area (Å²) in [6, 6.07) is 19.6. The van der Waals surface area contributed by atoms with E-state index in [1.807, 2.05) is 45.0 Å². The van der Waals surface area contributed by atoms with E-state index in [1.54, 1.807) is 26.0 Å². The number of carbonyl (C=O) groups is 1. The number of hydrogen-bond acceptors (Lipinski definition) is 4. The number of amides is 1. The maximum Gasteiger partial charge on any atom is 0.262 e. The van der Waals surface area contributed by atoms with Gasteiger partial charge in [0.15, 0.2) is 0 Å². The molecule has 1 amide bonds. The van der Waals surface area contributed by atoms with E-state index in [1.165, 1.54) is 5.56 Å². The molecule has 4 rings (SSSR count). The zero-order valence-corrected chi connectivity index (χ0v) is 23.9. The molecule has 1 fully saturated rings. The van der Waals surface area contributed by atoms with Crippen molar-refractivity contribution in [3.8, 4) is 0 Å². The molecule has 1 saturated heterocycles. The number of rotatable bonds is 8. The van der Waals surface area contributed by atoms with Gasteiger partial charge < -0.3 is 10.2 Å². The number of sulfonamides is 1. The molecule has 202 valence electrons. The third kappa shape index (κ3) is 6.57. The van der Waals surface area contributed by atoms with Crippen molar-refractivity contribution in [1.29, 1.82) is 0 Å². The summed E-state index contributed by atoms with van der Waals surface area (Å²) in [6.07, 6.45) is 3.15. The van der Waals surface area contributed by atoms with E-state index in [2.05, 4.69) is 39.2 Å². The van der Waals surface area contributed by atoms with Crippen molar-refractivity contribution in [2.75, 3.05) is 22.7 Å². The highest BCUT2D eigenvalue weighted by atomic mass is 32.2. The Bertz CT molecular complexity index is 1370. The zero-order chi connectivity index (χ0) is 27.4. The third-order valence-electron chi connectivity index (χ3n) is 7.11. The average molecular weight is 534 g/mol. The van der Waals surface area contributed by atoms with Crippen LogP contribution in [0.2, 0.25) is 0 Å². The van der Waals surface area contributed by atoms with Gasteiger partial charge in [-0.25, -0.2) is 8.42 Å². The summed E-state index contributed by atoms with van der Waals surface area (Å²) in [7, 11) is -3.83. The normalized spacial score (nSPS) is 14.5. The van der Waals surface area contributed by atoms with Crippen molar-refractivity contribution in [2.45, 2.75) is 64.8 Å². The fourth-order valence-corrected chi connectivity index (χ4v) is 7.02. The summed E-state index contributed by atoms with van der Waals surface area (Å²) >= 11 is 0. The molecule has 0 unspecified atom stereocenters. The van der Waals surface area contributed by atoms with Gasteiger partial charge in [0.2, 0.25) is 0 Å². The molecule has 1 aliphatic heterocycles. The van der Waals surface area contributed by atoms with Crippen molar-refractivity contribution >= 4 is 27.3 Å². The standard InChI is InChI=1S/C31H39N3O3S/c1-21(2)32-31(35)28-20-27(33-38(36,37)30-23(4)17-22(3)18-24(30)5)11-12-29(28)34-15-13-26(14-16-34)19-25-9-7-6-8-10-25/h6-12,17-18,20-21,26,33H,13-16,19H2,1-5H3,(H,32,35). The SMILES string of the molecule is Cc1cc(C)c(S(=O)(=O)Nc2ccc(N3CCC(Cc4ccccc4)CC3)c(C(=O)NC(C)C)c2)c(C)c1. The number of piperidine rings is 1. The maximum absolute atomic E-state index is 13.4. The van der Waals surface area contributed by atoms with Crippen LogP contribution in [0.1, 0.15) is 59.3 Å². The van der Waals surface area contributed by atoms with Crippen molar-refractivity contribution in [1.82, 2.24) is 5.32 Å². The van der Waals surface area contributed by atoms with E-state index in [-0.39, 0.29) is 16.8 Å². The summed E-state index contributed by atoms with van der Waals surface area (Å²) in [6.45, 7) is 11.1. The fourth-order valence-electron chi connectivity index (χ4n) is 5.52. The second-order valence-corrected chi connectivity index (χ2v) is 12.4. The number of anilines is 2. The molecule has 6 nitrogen and oxygen atoms in total. The van der Waals surface area contributed by atoms with E-state index >= 15 is 0 Å². The zero-order valence-electron chi connectivity index (χ0n) is 23.0. The Labute approximate surface area is 227 Å². The highest BCUT2D eigenvalue weighted by molar-refractivity contribution is 7.92. The lowest BCUT2D eigenvalue weighted by molar-refractivity contribution is 0.0943. The number of nitrogens with zero attached hydrogens (tertiary/aromatic N) is 1. The minimum atomic E-state index is -3.83. The van der Waals surface area contributed by atoms with Gasteiger partial charge in [-0.2, -0.15) is 0 Å². The van der Waals surface area contributed by atoms with Crippen molar-refractivity contribution in [3.05, 3.63) is 88.5 Å². The summed E-state index contributed by atoms with van der Waals surface area (Å²) < 4.78 is 29.5. The monoisotopic (exact) mass is 533 g/mol. The van der Waals surface area contributed by atoms with Crippen LogP contribution in [0.4, 0.5) is 11.4 Å². The van der Waals surface area contributed by atoms with Gasteiger partial charge in [-0.3, -0.25) is 9.52 Å².